The Hall–Kier alpha value is -0.970. The first-order chi connectivity index (χ1) is 8.50. The highest BCUT2D eigenvalue weighted by Gasteiger charge is 2.27. The largest absolute Gasteiger partial charge is 0.390 e. The Bertz CT molecular complexity index is 410. The monoisotopic (exact) mass is 252 g/mol. The molecule has 1 aliphatic rings. The van der Waals surface area contributed by atoms with E-state index in [-0.39, 0.29) is 5.82 Å². The first-order valence-corrected chi connectivity index (χ1v) is 6.42. The Morgan fingerprint density at radius 2 is 2.06 bits per heavy atom. The van der Waals surface area contributed by atoms with Gasteiger partial charge in [0.25, 0.3) is 0 Å². The molecule has 1 saturated heterocycles. The van der Waals surface area contributed by atoms with Crippen LogP contribution in [0.25, 0.3) is 0 Å². The first-order valence-electron chi connectivity index (χ1n) is 6.42. The van der Waals surface area contributed by atoms with Crippen molar-refractivity contribution in [3.63, 3.8) is 0 Å². The predicted molar refractivity (Wildman–Crippen MR) is 69.4 cm³/mol. The number of nitrogens with two attached hydrogens (primary N) is 1. The summed E-state index contributed by atoms with van der Waals surface area (Å²) in [4.78, 5) is 2.18. The Kier molecular flexibility index (Phi) is 4.00. The number of halogens is 1. The molecule has 1 fully saturated rings. The molecular formula is C14H21FN2O. The summed E-state index contributed by atoms with van der Waals surface area (Å²) < 4.78 is 13.8. The lowest BCUT2D eigenvalue weighted by atomic mass is 9.93. The van der Waals surface area contributed by atoms with E-state index in [1.54, 1.807) is 0 Å². The molecule has 1 aromatic rings. The minimum absolute atomic E-state index is 0.185. The average molecular weight is 252 g/mol. The van der Waals surface area contributed by atoms with Crippen molar-refractivity contribution >= 4 is 0 Å². The standard InChI is InChI=1S/C14H21FN2O/c1-14(18)4-6-17(7-5-14)10-12-3-2-11(9-16)8-13(12)15/h2-3,8,18H,4-7,9-10,16H2,1H3. The minimum Gasteiger partial charge on any atom is -0.390 e. The molecule has 100 valence electrons. The van der Waals surface area contributed by atoms with Crippen LogP contribution in [0.2, 0.25) is 0 Å². The highest BCUT2D eigenvalue weighted by molar-refractivity contribution is 5.24. The molecule has 0 spiro atoms. The fourth-order valence-electron chi connectivity index (χ4n) is 2.28. The molecule has 1 heterocycles. The minimum atomic E-state index is -0.557. The molecule has 2 rings (SSSR count). The second-order valence-corrected chi connectivity index (χ2v) is 5.40. The summed E-state index contributed by atoms with van der Waals surface area (Å²) in [6, 6.07) is 5.19. The maximum atomic E-state index is 13.8. The Balaban J connectivity index is 1.98. The lowest BCUT2D eigenvalue weighted by Crippen LogP contribution is -2.42. The van der Waals surface area contributed by atoms with Gasteiger partial charge in [0, 0.05) is 31.7 Å². The van der Waals surface area contributed by atoms with Crippen LogP contribution in [-0.2, 0) is 13.1 Å². The number of rotatable bonds is 3. The van der Waals surface area contributed by atoms with Crippen LogP contribution in [0.3, 0.4) is 0 Å². The zero-order chi connectivity index (χ0) is 13.2. The van der Waals surface area contributed by atoms with Gasteiger partial charge in [-0.2, -0.15) is 0 Å². The van der Waals surface area contributed by atoms with Gasteiger partial charge in [0.15, 0.2) is 0 Å². The van der Waals surface area contributed by atoms with Crippen LogP contribution >= 0.6 is 0 Å². The Morgan fingerprint density at radius 1 is 1.39 bits per heavy atom. The number of piperidine rings is 1. The SMILES string of the molecule is CC1(O)CCN(Cc2ccc(CN)cc2F)CC1. The van der Waals surface area contributed by atoms with Gasteiger partial charge in [-0.05, 0) is 31.4 Å². The molecule has 3 N–H and O–H groups in total. The van der Waals surface area contributed by atoms with Crippen molar-refractivity contribution in [2.45, 2.75) is 38.5 Å². The molecule has 4 heteroatoms. The van der Waals surface area contributed by atoms with Crippen LogP contribution in [0.5, 0.6) is 0 Å². The molecular weight excluding hydrogens is 231 g/mol. The number of aliphatic hydroxyl groups is 1. The van der Waals surface area contributed by atoms with Crippen molar-refractivity contribution in [1.29, 1.82) is 0 Å². The normalized spacial score (nSPS) is 20.0. The fourth-order valence-corrected chi connectivity index (χ4v) is 2.28. The Morgan fingerprint density at radius 3 is 2.61 bits per heavy atom. The van der Waals surface area contributed by atoms with Crippen molar-refractivity contribution in [2.75, 3.05) is 13.1 Å². The maximum Gasteiger partial charge on any atom is 0.128 e. The zero-order valence-electron chi connectivity index (χ0n) is 10.8. The van der Waals surface area contributed by atoms with Crippen molar-refractivity contribution < 1.29 is 9.50 Å². The molecule has 18 heavy (non-hydrogen) atoms. The van der Waals surface area contributed by atoms with Crippen LogP contribution in [0.1, 0.15) is 30.9 Å². The third kappa shape index (κ3) is 3.28. The molecule has 0 amide bonds. The summed E-state index contributed by atoms with van der Waals surface area (Å²) in [7, 11) is 0. The van der Waals surface area contributed by atoms with Crippen molar-refractivity contribution in [3.8, 4) is 0 Å². The van der Waals surface area contributed by atoms with Crippen LogP contribution in [0.15, 0.2) is 18.2 Å². The molecule has 0 aromatic heterocycles. The second-order valence-electron chi connectivity index (χ2n) is 5.40. The first kappa shape index (κ1) is 13.5. The van der Waals surface area contributed by atoms with Gasteiger partial charge in [-0.15, -0.1) is 0 Å². The lowest BCUT2D eigenvalue weighted by Gasteiger charge is -2.35. The summed E-state index contributed by atoms with van der Waals surface area (Å²) in [5.74, 6) is -0.185. The van der Waals surface area contributed by atoms with Gasteiger partial charge < -0.3 is 10.8 Å². The summed E-state index contributed by atoms with van der Waals surface area (Å²) >= 11 is 0. The number of hydrogen-bond acceptors (Lipinski definition) is 3. The smallest absolute Gasteiger partial charge is 0.128 e. The van der Waals surface area contributed by atoms with E-state index in [1.165, 1.54) is 6.07 Å². The van der Waals surface area contributed by atoms with E-state index in [1.807, 2.05) is 19.1 Å². The number of nitrogens with zero attached hydrogens (tertiary/aromatic N) is 1. The zero-order valence-corrected chi connectivity index (χ0v) is 10.8. The maximum absolute atomic E-state index is 13.8. The Labute approximate surface area is 107 Å². The number of likely N-dealkylation sites (tertiary alicyclic amines) is 1. The van der Waals surface area contributed by atoms with Gasteiger partial charge in [-0.1, -0.05) is 12.1 Å². The molecule has 0 bridgehead atoms. The van der Waals surface area contributed by atoms with E-state index in [4.69, 9.17) is 5.73 Å². The topological polar surface area (TPSA) is 49.5 Å². The van der Waals surface area contributed by atoms with E-state index in [0.29, 0.717) is 18.7 Å². The van der Waals surface area contributed by atoms with E-state index < -0.39 is 5.60 Å². The molecule has 0 saturated carbocycles. The number of hydrogen-bond donors (Lipinski definition) is 2. The van der Waals surface area contributed by atoms with Gasteiger partial charge in [-0.25, -0.2) is 4.39 Å². The highest BCUT2D eigenvalue weighted by Crippen LogP contribution is 2.23. The molecule has 0 radical (unpaired) electrons. The van der Waals surface area contributed by atoms with E-state index in [2.05, 4.69) is 4.90 Å². The molecule has 0 unspecified atom stereocenters. The summed E-state index contributed by atoms with van der Waals surface area (Å²) in [6.45, 7) is 4.45. The molecule has 0 aliphatic carbocycles. The summed E-state index contributed by atoms with van der Waals surface area (Å²) in [5, 5.41) is 9.87. The van der Waals surface area contributed by atoms with Gasteiger partial charge in [0.05, 0.1) is 5.60 Å². The molecule has 1 aromatic carbocycles. The van der Waals surface area contributed by atoms with Crippen LogP contribution in [0.4, 0.5) is 4.39 Å². The lowest BCUT2D eigenvalue weighted by molar-refractivity contribution is -0.00749. The quantitative estimate of drug-likeness (QED) is 0.859. The number of benzene rings is 1. The molecule has 1 aliphatic heterocycles. The van der Waals surface area contributed by atoms with E-state index in [0.717, 1.165) is 31.5 Å². The second kappa shape index (κ2) is 5.34. The fraction of sp³-hybridized carbons (Fsp3) is 0.571. The predicted octanol–water partition coefficient (Wildman–Crippen LogP) is 1.63. The molecule has 3 nitrogen and oxygen atoms in total. The van der Waals surface area contributed by atoms with Crippen molar-refractivity contribution in [3.05, 3.63) is 35.1 Å². The van der Waals surface area contributed by atoms with Gasteiger partial charge >= 0.3 is 0 Å². The third-order valence-corrected chi connectivity index (χ3v) is 3.68. The van der Waals surface area contributed by atoms with Gasteiger partial charge in [-0.3, -0.25) is 4.90 Å². The van der Waals surface area contributed by atoms with E-state index >= 15 is 0 Å². The van der Waals surface area contributed by atoms with Crippen LogP contribution in [0, 0.1) is 5.82 Å². The van der Waals surface area contributed by atoms with Gasteiger partial charge in [0.2, 0.25) is 0 Å². The van der Waals surface area contributed by atoms with Gasteiger partial charge in [0.1, 0.15) is 5.82 Å². The van der Waals surface area contributed by atoms with Crippen LogP contribution in [-0.4, -0.2) is 28.7 Å². The van der Waals surface area contributed by atoms with Crippen molar-refractivity contribution in [2.24, 2.45) is 5.73 Å². The summed E-state index contributed by atoms with van der Waals surface area (Å²) in [6.07, 6.45) is 1.49. The van der Waals surface area contributed by atoms with Crippen molar-refractivity contribution in [1.82, 2.24) is 4.90 Å². The van der Waals surface area contributed by atoms with E-state index in [9.17, 15) is 9.50 Å². The summed E-state index contributed by atoms with van der Waals surface area (Å²) in [5.41, 5.74) is 6.44. The highest BCUT2D eigenvalue weighted by atomic mass is 19.1. The van der Waals surface area contributed by atoms with Crippen LogP contribution < -0.4 is 5.73 Å². The average Bonchev–Trinajstić information content (AvgIpc) is 2.34. The third-order valence-electron chi connectivity index (χ3n) is 3.68. The molecule has 0 atom stereocenters.